The number of pyridine rings is 1. The van der Waals surface area contributed by atoms with Gasteiger partial charge in [0, 0.05) is 24.4 Å². The van der Waals surface area contributed by atoms with E-state index in [1.165, 1.54) is 16.7 Å². The fraction of sp³-hybridized carbons (Fsp3) is 0.400. The predicted molar refractivity (Wildman–Crippen MR) is 94.0 cm³/mol. The van der Waals surface area contributed by atoms with Gasteiger partial charge in [-0.3, -0.25) is 14.7 Å². The molecule has 126 valence electrons. The van der Waals surface area contributed by atoms with E-state index in [9.17, 15) is 9.90 Å². The third kappa shape index (κ3) is 3.49. The normalized spacial score (nSPS) is 19.3. The summed E-state index contributed by atoms with van der Waals surface area (Å²) in [6, 6.07) is 12.0. The number of rotatable bonds is 5. The van der Waals surface area contributed by atoms with E-state index in [2.05, 4.69) is 41.9 Å². The number of carboxylic acids is 1. The lowest BCUT2D eigenvalue weighted by atomic mass is 9.93. The van der Waals surface area contributed by atoms with E-state index < -0.39 is 12.0 Å². The van der Waals surface area contributed by atoms with Gasteiger partial charge >= 0.3 is 5.97 Å². The Labute approximate surface area is 143 Å². The second-order valence-electron chi connectivity index (χ2n) is 6.64. The number of nitrogens with zero attached hydrogens (tertiary/aromatic N) is 2. The van der Waals surface area contributed by atoms with Gasteiger partial charge in [0.15, 0.2) is 0 Å². The number of carbonyl (C=O) groups is 1. The SMILES string of the molecule is Cc1ccc(C)c(C(Cc2ccccn2)N2CCCC2C(=O)O)c1. The zero-order valence-electron chi connectivity index (χ0n) is 14.3. The summed E-state index contributed by atoms with van der Waals surface area (Å²) in [4.78, 5) is 18.3. The Morgan fingerprint density at radius 3 is 2.88 bits per heavy atom. The third-order valence-corrected chi connectivity index (χ3v) is 4.90. The first-order valence-corrected chi connectivity index (χ1v) is 8.52. The van der Waals surface area contributed by atoms with Crippen molar-refractivity contribution in [2.75, 3.05) is 6.54 Å². The predicted octanol–water partition coefficient (Wildman–Crippen LogP) is 3.53. The van der Waals surface area contributed by atoms with Crippen LogP contribution in [0.25, 0.3) is 0 Å². The van der Waals surface area contributed by atoms with Gasteiger partial charge in [-0.2, -0.15) is 0 Å². The maximum Gasteiger partial charge on any atom is 0.320 e. The van der Waals surface area contributed by atoms with Gasteiger partial charge < -0.3 is 5.11 Å². The lowest BCUT2D eigenvalue weighted by Gasteiger charge is -2.32. The van der Waals surface area contributed by atoms with E-state index in [1.54, 1.807) is 6.20 Å². The van der Waals surface area contributed by atoms with Crippen molar-refractivity contribution in [1.82, 2.24) is 9.88 Å². The fourth-order valence-corrected chi connectivity index (χ4v) is 3.67. The summed E-state index contributed by atoms with van der Waals surface area (Å²) >= 11 is 0. The van der Waals surface area contributed by atoms with E-state index in [-0.39, 0.29) is 6.04 Å². The second-order valence-corrected chi connectivity index (χ2v) is 6.64. The molecule has 2 atom stereocenters. The van der Waals surface area contributed by atoms with Crippen LogP contribution in [0.2, 0.25) is 0 Å². The number of aromatic nitrogens is 1. The fourth-order valence-electron chi connectivity index (χ4n) is 3.67. The first kappa shape index (κ1) is 16.7. The minimum Gasteiger partial charge on any atom is -0.480 e. The van der Waals surface area contributed by atoms with Crippen LogP contribution in [0, 0.1) is 13.8 Å². The zero-order valence-corrected chi connectivity index (χ0v) is 14.3. The Morgan fingerprint density at radius 2 is 2.17 bits per heavy atom. The molecule has 1 aliphatic rings. The molecule has 2 aromatic rings. The Balaban J connectivity index is 2.00. The van der Waals surface area contributed by atoms with Crippen LogP contribution in [0.3, 0.4) is 0 Å². The Kier molecular flexibility index (Phi) is 4.95. The molecule has 1 aromatic carbocycles. The van der Waals surface area contributed by atoms with Crippen LogP contribution >= 0.6 is 0 Å². The highest BCUT2D eigenvalue weighted by Gasteiger charge is 2.36. The summed E-state index contributed by atoms with van der Waals surface area (Å²) < 4.78 is 0. The Hall–Kier alpha value is -2.20. The molecule has 4 heteroatoms. The van der Waals surface area contributed by atoms with Gasteiger partial charge in [-0.05, 0) is 56.5 Å². The summed E-state index contributed by atoms with van der Waals surface area (Å²) in [6.07, 6.45) is 4.18. The number of aryl methyl sites for hydroxylation is 2. The van der Waals surface area contributed by atoms with Crippen molar-refractivity contribution in [3.05, 3.63) is 65.0 Å². The molecule has 2 unspecified atom stereocenters. The second kappa shape index (κ2) is 7.14. The highest BCUT2D eigenvalue weighted by Crippen LogP contribution is 2.34. The molecule has 1 aliphatic heterocycles. The van der Waals surface area contributed by atoms with Crippen molar-refractivity contribution in [1.29, 1.82) is 0 Å². The van der Waals surface area contributed by atoms with Crippen molar-refractivity contribution in [3.8, 4) is 0 Å². The average Bonchev–Trinajstić information content (AvgIpc) is 3.06. The summed E-state index contributed by atoms with van der Waals surface area (Å²) in [5, 5.41) is 9.61. The topological polar surface area (TPSA) is 53.4 Å². The van der Waals surface area contributed by atoms with Gasteiger partial charge in [0.1, 0.15) is 6.04 Å². The maximum atomic E-state index is 11.7. The third-order valence-electron chi connectivity index (χ3n) is 4.90. The molecule has 1 aromatic heterocycles. The molecule has 1 saturated heterocycles. The van der Waals surface area contributed by atoms with Crippen molar-refractivity contribution in [2.24, 2.45) is 0 Å². The number of likely N-dealkylation sites (tertiary alicyclic amines) is 1. The maximum absolute atomic E-state index is 11.7. The summed E-state index contributed by atoms with van der Waals surface area (Å²) in [5.74, 6) is -0.719. The molecule has 1 fully saturated rings. The molecule has 0 radical (unpaired) electrons. The number of hydrogen-bond donors (Lipinski definition) is 1. The summed E-state index contributed by atoms with van der Waals surface area (Å²) in [5.41, 5.74) is 4.62. The smallest absolute Gasteiger partial charge is 0.320 e. The van der Waals surface area contributed by atoms with Crippen molar-refractivity contribution in [3.63, 3.8) is 0 Å². The molecular weight excluding hydrogens is 300 g/mol. The van der Waals surface area contributed by atoms with Gasteiger partial charge in [-0.15, -0.1) is 0 Å². The first-order valence-electron chi connectivity index (χ1n) is 8.52. The molecule has 3 rings (SSSR count). The van der Waals surface area contributed by atoms with Crippen molar-refractivity contribution >= 4 is 5.97 Å². The van der Waals surface area contributed by atoms with Gasteiger partial charge in [-0.25, -0.2) is 0 Å². The standard InChI is InChI=1S/C20H24N2O2/c1-14-8-9-15(2)17(12-14)19(13-16-6-3-4-10-21-16)22-11-5-7-18(22)20(23)24/h3-4,6,8-10,12,18-19H,5,7,11,13H2,1-2H3,(H,23,24). The molecule has 0 amide bonds. The molecule has 1 N–H and O–H groups in total. The number of carboxylic acid groups (broad SMARTS) is 1. The molecule has 4 nitrogen and oxygen atoms in total. The Morgan fingerprint density at radius 1 is 1.33 bits per heavy atom. The molecule has 2 heterocycles. The number of aliphatic carboxylic acids is 1. The summed E-state index contributed by atoms with van der Waals surface area (Å²) in [6.45, 7) is 5.01. The highest BCUT2D eigenvalue weighted by molar-refractivity contribution is 5.74. The largest absolute Gasteiger partial charge is 0.480 e. The van der Waals surface area contributed by atoms with Crippen LogP contribution in [0.1, 0.15) is 41.3 Å². The molecule has 0 spiro atoms. The van der Waals surface area contributed by atoms with E-state index in [0.29, 0.717) is 0 Å². The average molecular weight is 324 g/mol. The number of benzene rings is 1. The van der Waals surface area contributed by atoms with Gasteiger partial charge in [0.25, 0.3) is 0 Å². The highest BCUT2D eigenvalue weighted by atomic mass is 16.4. The van der Waals surface area contributed by atoms with Crippen LogP contribution in [0.4, 0.5) is 0 Å². The molecular formula is C20H24N2O2. The molecule has 0 aliphatic carbocycles. The lowest BCUT2D eigenvalue weighted by molar-refractivity contribution is -0.143. The van der Waals surface area contributed by atoms with Crippen molar-refractivity contribution < 1.29 is 9.90 Å². The van der Waals surface area contributed by atoms with E-state index >= 15 is 0 Å². The van der Waals surface area contributed by atoms with Crippen LogP contribution in [-0.2, 0) is 11.2 Å². The quantitative estimate of drug-likeness (QED) is 0.914. The van der Waals surface area contributed by atoms with Crippen molar-refractivity contribution in [2.45, 2.75) is 45.2 Å². The van der Waals surface area contributed by atoms with Crippen LogP contribution < -0.4 is 0 Å². The first-order chi connectivity index (χ1) is 11.6. The van der Waals surface area contributed by atoms with Crippen LogP contribution in [0.5, 0.6) is 0 Å². The minimum absolute atomic E-state index is 0.0448. The lowest BCUT2D eigenvalue weighted by Crippen LogP contribution is -2.40. The van der Waals surface area contributed by atoms with Crippen LogP contribution in [-0.4, -0.2) is 33.5 Å². The van der Waals surface area contributed by atoms with Gasteiger partial charge in [0.05, 0.1) is 0 Å². The molecule has 0 saturated carbocycles. The Bertz CT molecular complexity index is 715. The van der Waals surface area contributed by atoms with Gasteiger partial charge in [0.2, 0.25) is 0 Å². The monoisotopic (exact) mass is 324 g/mol. The van der Waals surface area contributed by atoms with Crippen LogP contribution in [0.15, 0.2) is 42.6 Å². The zero-order chi connectivity index (χ0) is 17.1. The van der Waals surface area contributed by atoms with E-state index in [1.807, 2.05) is 18.2 Å². The van der Waals surface area contributed by atoms with Gasteiger partial charge in [-0.1, -0.05) is 29.8 Å². The minimum atomic E-state index is -0.719. The molecule has 0 bridgehead atoms. The van der Waals surface area contributed by atoms with E-state index in [0.717, 1.165) is 31.5 Å². The number of hydrogen-bond acceptors (Lipinski definition) is 3. The van der Waals surface area contributed by atoms with E-state index in [4.69, 9.17) is 0 Å². The summed E-state index contributed by atoms with van der Waals surface area (Å²) in [7, 11) is 0. The molecule has 24 heavy (non-hydrogen) atoms.